The van der Waals surface area contributed by atoms with E-state index in [1.807, 2.05) is 46.1 Å². The molecule has 2 heteroatoms. The molecule has 0 aromatic rings. The molecule has 0 heterocycles. The summed E-state index contributed by atoms with van der Waals surface area (Å²) in [5.74, 6) is 0. The second kappa shape index (κ2) is 7.80. The minimum Gasteiger partial charge on any atom is -0.262 e. The lowest BCUT2D eigenvalue weighted by Crippen LogP contribution is -1.99. The maximum Gasteiger partial charge on any atom is 0.0460 e. The Morgan fingerprint density at radius 2 is 1.81 bits per heavy atom. The molecule has 0 N–H and O–H groups in total. The van der Waals surface area contributed by atoms with E-state index in [0.717, 1.165) is 29.1 Å². The zero-order valence-electron chi connectivity index (χ0n) is 11.0. The highest BCUT2D eigenvalue weighted by molar-refractivity contribution is 6.15. The normalized spacial score (nSPS) is 14.7. The number of hydrogen-bond acceptors (Lipinski definition) is 2. The van der Waals surface area contributed by atoms with Gasteiger partial charge in [0.25, 0.3) is 0 Å². The molecule has 88 valence electrons. The zero-order chi connectivity index (χ0) is 12.6. The summed E-state index contributed by atoms with van der Waals surface area (Å²) in [7, 11) is 0. The van der Waals surface area contributed by atoms with E-state index in [9.17, 15) is 0 Å². The van der Waals surface area contributed by atoms with Crippen molar-refractivity contribution < 1.29 is 0 Å². The van der Waals surface area contributed by atoms with Gasteiger partial charge in [0.2, 0.25) is 0 Å². The van der Waals surface area contributed by atoms with Crippen molar-refractivity contribution in [2.24, 2.45) is 9.98 Å². The van der Waals surface area contributed by atoms with Gasteiger partial charge in [0.1, 0.15) is 0 Å². The van der Waals surface area contributed by atoms with Crippen LogP contribution in [0.1, 0.15) is 41.0 Å². The first-order chi connectivity index (χ1) is 7.54. The summed E-state index contributed by atoms with van der Waals surface area (Å²) in [6.07, 6.45) is 6.80. The van der Waals surface area contributed by atoms with Gasteiger partial charge in [0.05, 0.1) is 0 Å². The van der Waals surface area contributed by atoms with Crippen LogP contribution in [0.2, 0.25) is 0 Å². The van der Waals surface area contributed by atoms with Crippen LogP contribution in [0, 0.1) is 0 Å². The Balaban J connectivity index is 4.93. The van der Waals surface area contributed by atoms with Gasteiger partial charge < -0.3 is 0 Å². The van der Waals surface area contributed by atoms with Crippen LogP contribution in [-0.4, -0.2) is 11.9 Å². The Bertz CT molecular complexity index is 355. The molecular weight excluding hydrogens is 196 g/mol. The fourth-order valence-corrected chi connectivity index (χ4v) is 1.18. The van der Waals surface area contributed by atoms with Crippen molar-refractivity contribution in [1.82, 2.24) is 0 Å². The predicted molar refractivity (Wildman–Crippen MR) is 74.2 cm³/mol. The molecule has 0 rings (SSSR count). The van der Waals surface area contributed by atoms with Crippen molar-refractivity contribution in [3.05, 3.63) is 35.7 Å². The molecule has 0 radical (unpaired) electrons. The lowest BCUT2D eigenvalue weighted by molar-refractivity contribution is 1.06. The molecule has 0 aliphatic rings. The predicted octanol–water partition coefficient (Wildman–Crippen LogP) is 4.31. The molecule has 0 aromatic carbocycles. The first-order valence-corrected chi connectivity index (χ1v) is 5.61. The zero-order valence-corrected chi connectivity index (χ0v) is 11.0. The smallest absolute Gasteiger partial charge is 0.0460 e. The van der Waals surface area contributed by atoms with Crippen molar-refractivity contribution in [3.8, 4) is 0 Å². The monoisotopic (exact) mass is 218 g/mol. The summed E-state index contributed by atoms with van der Waals surface area (Å²) in [4.78, 5) is 8.74. The Morgan fingerprint density at radius 3 is 2.19 bits per heavy atom. The minimum absolute atomic E-state index is 0.800. The highest BCUT2D eigenvalue weighted by atomic mass is 14.8. The van der Waals surface area contributed by atoms with E-state index in [1.54, 1.807) is 0 Å². The number of aliphatic imine (C=N–C) groups is 2. The van der Waals surface area contributed by atoms with Crippen LogP contribution in [0.3, 0.4) is 0 Å². The average molecular weight is 218 g/mol. The first-order valence-electron chi connectivity index (χ1n) is 5.61. The van der Waals surface area contributed by atoms with Crippen molar-refractivity contribution in [2.75, 3.05) is 0 Å². The molecule has 0 fully saturated rings. The quantitative estimate of drug-likeness (QED) is 0.614. The van der Waals surface area contributed by atoms with Gasteiger partial charge in [0.15, 0.2) is 0 Å². The number of hydrogen-bond donors (Lipinski definition) is 0. The standard InChI is InChI=1S/C14H22N2/c1-7-13(10-15-11(4)5)12(6)16-14(8-2)9-3/h7-8,10H,4,9H2,1-3,5-6H3/b13-7+,14-8-,15-10-,16-12+. The molecule has 0 aliphatic heterocycles. The second-order valence-electron chi connectivity index (χ2n) is 3.57. The molecule has 0 saturated carbocycles. The molecular formula is C14H22N2. The number of nitrogens with zero attached hydrogens (tertiary/aromatic N) is 2. The van der Waals surface area contributed by atoms with Crippen LogP contribution in [0.4, 0.5) is 0 Å². The van der Waals surface area contributed by atoms with E-state index < -0.39 is 0 Å². The Kier molecular flexibility index (Phi) is 7.10. The summed E-state index contributed by atoms with van der Waals surface area (Å²) in [5.41, 5.74) is 3.92. The van der Waals surface area contributed by atoms with Crippen LogP contribution in [-0.2, 0) is 0 Å². The van der Waals surface area contributed by atoms with E-state index in [2.05, 4.69) is 23.5 Å². The van der Waals surface area contributed by atoms with Gasteiger partial charge in [-0.1, -0.05) is 25.7 Å². The van der Waals surface area contributed by atoms with Crippen molar-refractivity contribution in [2.45, 2.75) is 41.0 Å². The number of allylic oxidation sites excluding steroid dienone is 5. The van der Waals surface area contributed by atoms with Gasteiger partial charge in [-0.2, -0.15) is 0 Å². The maximum absolute atomic E-state index is 4.55. The summed E-state index contributed by atoms with van der Waals surface area (Å²) in [5, 5.41) is 0. The molecule has 0 aromatic heterocycles. The topological polar surface area (TPSA) is 24.7 Å². The van der Waals surface area contributed by atoms with Crippen molar-refractivity contribution >= 4 is 11.9 Å². The summed E-state index contributed by atoms with van der Waals surface area (Å²) in [6, 6.07) is 0. The van der Waals surface area contributed by atoms with Crippen molar-refractivity contribution in [3.63, 3.8) is 0 Å². The van der Waals surface area contributed by atoms with Gasteiger partial charge in [-0.3, -0.25) is 9.98 Å². The van der Waals surface area contributed by atoms with Gasteiger partial charge in [-0.25, -0.2) is 0 Å². The van der Waals surface area contributed by atoms with Crippen LogP contribution in [0.15, 0.2) is 45.7 Å². The molecule has 0 amide bonds. The molecule has 0 saturated heterocycles. The van der Waals surface area contributed by atoms with E-state index in [0.29, 0.717) is 0 Å². The second-order valence-corrected chi connectivity index (χ2v) is 3.57. The van der Waals surface area contributed by atoms with Crippen molar-refractivity contribution in [1.29, 1.82) is 0 Å². The maximum atomic E-state index is 4.55. The fourth-order valence-electron chi connectivity index (χ4n) is 1.18. The Morgan fingerprint density at radius 1 is 1.19 bits per heavy atom. The van der Waals surface area contributed by atoms with E-state index in [1.165, 1.54) is 0 Å². The first kappa shape index (κ1) is 14.6. The third kappa shape index (κ3) is 5.44. The lowest BCUT2D eigenvalue weighted by atomic mass is 10.2. The van der Waals surface area contributed by atoms with Gasteiger partial charge >= 0.3 is 0 Å². The largest absolute Gasteiger partial charge is 0.262 e. The number of rotatable bonds is 5. The SMILES string of the molecule is C=C(C)\N=C/C(=C\C)C(/C)=N/C(=C\C)CC. The molecule has 0 atom stereocenters. The summed E-state index contributed by atoms with van der Waals surface area (Å²) in [6.45, 7) is 13.7. The summed E-state index contributed by atoms with van der Waals surface area (Å²) >= 11 is 0. The van der Waals surface area contributed by atoms with Crippen LogP contribution >= 0.6 is 0 Å². The minimum atomic E-state index is 0.800. The van der Waals surface area contributed by atoms with Crippen LogP contribution < -0.4 is 0 Å². The molecule has 0 spiro atoms. The Hall–Kier alpha value is -1.44. The van der Waals surface area contributed by atoms with Crippen LogP contribution in [0.5, 0.6) is 0 Å². The molecule has 2 nitrogen and oxygen atoms in total. The van der Waals surface area contributed by atoms with E-state index >= 15 is 0 Å². The van der Waals surface area contributed by atoms with Gasteiger partial charge in [-0.15, -0.1) is 0 Å². The third-order valence-electron chi connectivity index (χ3n) is 2.16. The fraction of sp³-hybridized carbons (Fsp3) is 0.429. The van der Waals surface area contributed by atoms with E-state index in [-0.39, 0.29) is 0 Å². The van der Waals surface area contributed by atoms with Gasteiger partial charge in [-0.05, 0) is 34.1 Å². The highest BCUT2D eigenvalue weighted by Gasteiger charge is 1.98. The van der Waals surface area contributed by atoms with Gasteiger partial charge in [0, 0.05) is 28.9 Å². The summed E-state index contributed by atoms with van der Waals surface area (Å²) < 4.78 is 0. The highest BCUT2D eigenvalue weighted by Crippen LogP contribution is 2.06. The third-order valence-corrected chi connectivity index (χ3v) is 2.16. The van der Waals surface area contributed by atoms with E-state index in [4.69, 9.17) is 0 Å². The molecule has 0 aliphatic carbocycles. The molecule has 0 bridgehead atoms. The molecule has 0 unspecified atom stereocenters. The van der Waals surface area contributed by atoms with Crippen LogP contribution in [0.25, 0.3) is 0 Å². The lowest BCUT2D eigenvalue weighted by Gasteiger charge is -2.02. The Labute approximate surface area is 99.2 Å². The molecule has 16 heavy (non-hydrogen) atoms. The average Bonchev–Trinajstić information content (AvgIpc) is 2.26.